The van der Waals surface area contributed by atoms with Crippen LogP contribution in [-0.4, -0.2) is 37.6 Å². The molecule has 0 bridgehead atoms. The van der Waals surface area contributed by atoms with Crippen LogP contribution in [0.25, 0.3) is 5.57 Å². The number of alkyl halides is 3. The van der Waals surface area contributed by atoms with Crippen LogP contribution in [0.1, 0.15) is 30.6 Å². The van der Waals surface area contributed by atoms with Crippen molar-refractivity contribution < 1.29 is 32.5 Å². The van der Waals surface area contributed by atoms with Crippen molar-refractivity contribution >= 4 is 17.2 Å². The number of methoxy groups -OCH3 is 1. The Bertz CT molecular complexity index is 599. The van der Waals surface area contributed by atoms with Crippen molar-refractivity contribution in [1.82, 2.24) is 0 Å². The summed E-state index contributed by atoms with van der Waals surface area (Å²) < 4.78 is 49.0. The highest BCUT2D eigenvalue weighted by molar-refractivity contribution is 5.76. The third kappa shape index (κ3) is 5.54. The monoisotopic (exact) mass is 347 g/mol. The van der Waals surface area contributed by atoms with Gasteiger partial charge in [0.25, 0.3) is 0 Å². The molecule has 0 unspecified atom stereocenters. The van der Waals surface area contributed by atoms with E-state index in [9.17, 15) is 18.0 Å². The summed E-state index contributed by atoms with van der Waals surface area (Å²) in [5.41, 5.74) is 6.54. The highest BCUT2D eigenvalue weighted by Gasteiger charge is 2.42. The molecule has 0 amide bonds. The molecule has 1 atom stereocenters. The number of aliphatic carboxylic acids is 1. The van der Waals surface area contributed by atoms with E-state index >= 15 is 0 Å². The van der Waals surface area contributed by atoms with Gasteiger partial charge in [0.05, 0.1) is 13.0 Å². The largest absolute Gasteiger partial charge is 0.481 e. The highest BCUT2D eigenvalue weighted by Crippen LogP contribution is 2.39. The van der Waals surface area contributed by atoms with E-state index in [-0.39, 0.29) is 30.9 Å². The van der Waals surface area contributed by atoms with E-state index in [0.717, 1.165) is 0 Å². The fourth-order valence-corrected chi connectivity index (χ4v) is 2.17. The van der Waals surface area contributed by atoms with Crippen molar-refractivity contribution in [2.45, 2.75) is 25.6 Å². The minimum absolute atomic E-state index is 0.0828. The number of rotatable bonds is 8. The zero-order chi connectivity index (χ0) is 18.3. The average Bonchev–Trinajstić information content (AvgIpc) is 2.48. The summed E-state index contributed by atoms with van der Waals surface area (Å²) in [4.78, 5) is 10.7. The molecule has 0 aromatic heterocycles. The second-order valence-electron chi connectivity index (χ2n) is 4.98. The van der Waals surface area contributed by atoms with Crippen molar-refractivity contribution in [3.05, 3.63) is 35.4 Å². The molecular formula is C16H20F3NO4. The molecule has 0 radical (unpaired) electrons. The first-order valence-electron chi connectivity index (χ1n) is 7.18. The van der Waals surface area contributed by atoms with E-state index in [1.54, 1.807) is 0 Å². The van der Waals surface area contributed by atoms with Gasteiger partial charge in [0.1, 0.15) is 0 Å². The van der Waals surface area contributed by atoms with E-state index in [2.05, 4.69) is 0 Å². The van der Waals surface area contributed by atoms with Crippen LogP contribution in [0.2, 0.25) is 0 Å². The molecule has 0 fully saturated rings. The van der Waals surface area contributed by atoms with Crippen molar-refractivity contribution in [1.29, 1.82) is 0 Å². The van der Waals surface area contributed by atoms with Gasteiger partial charge in [-0.15, -0.1) is 0 Å². The molecule has 134 valence electrons. The fraction of sp³-hybridized carbons (Fsp3) is 0.438. The lowest BCUT2D eigenvalue weighted by molar-refractivity contribution is -0.222. The van der Waals surface area contributed by atoms with Crippen LogP contribution in [0.5, 0.6) is 0 Å². The number of carboxylic acids is 1. The van der Waals surface area contributed by atoms with Gasteiger partial charge in [-0.2, -0.15) is 13.2 Å². The van der Waals surface area contributed by atoms with Gasteiger partial charge in [0, 0.05) is 25.0 Å². The standard InChI is InChI=1S/C16H20F3NO4/c1-3-24-15(16(17,18)19)12-6-4-10(8-13(12)20)11(9-23-2)5-7-14(21)22/h4-6,8,15H,3,7,9,20H2,1-2H3,(H,21,22)/t15-/m1/s1. The van der Waals surface area contributed by atoms with Gasteiger partial charge < -0.3 is 20.3 Å². The molecule has 1 aromatic rings. The Kier molecular flexibility index (Phi) is 7.24. The Morgan fingerprint density at radius 2 is 2.08 bits per heavy atom. The fourth-order valence-electron chi connectivity index (χ4n) is 2.17. The first kappa shape index (κ1) is 20.0. The van der Waals surface area contributed by atoms with E-state index in [4.69, 9.17) is 20.3 Å². The van der Waals surface area contributed by atoms with Crippen LogP contribution < -0.4 is 5.73 Å². The van der Waals surface area contributed by atoms with Crippen LogP contribution in [0.15, 0.2) is 24.3 Å². The van der Waals surface area contributed by atoms with Gasteiger partial charge in [-0.3, -0.25) is 4.79 Å². The van der Waals surface area contributed by atoms with E-state index in [1.807, 2.05) is 0 Å². The lowest BCUT2D eigenvalue weighted by Gasteiger charge is -2.22. The van der Waals surface area contributed by atoms with Gasteiger partial charge in [-0.05, 0) is 24.1 Å². The summed E-state index contributed by atoms with van der Waals surface area (Å²) >= 11 is 0. The maximum Gasteiger partial charge on any atom is 0.418 e. The number of halogens is 3. The quantitative estimate of drug-likeness (QED) is 0.704. The molecular weight excluding hydrogens is 327 g/mol. The van der Waals surface area contributed by atoms with E-state index in [0.29, 0.717) is 11.1 Å². The summed E-state index contributed by atoms with van der Waals surface area (Å²) in [6.45, 7) is 1.47. The van der Waals surface area contributed by atoms with Crippen LogP contribution in [-0.2, 0) is 14.3 Å². The number of hydrogen-bond acceptors (Lipinski definition) is 4. The molecule has 0 aliphatic rings. The molecule has 0 heterocycles. The molecule has 8 heteroatoms. The van der Waals surface area contributed by atoms with E-state index < -0.39 is 18.2 Å². The molecule has 24 heavy (non-hydrogen) atoms. The number of nitrogens with two attached hydrogens (primary N) is 1. The maximum atomic E-state index is 13.1. The number of benzene rings is 1. The topological polar surface area (TPSA) is 81.8 Å². The SMILES string of the molecule is CCO[C@H](c1ccc(C(=CCC(=O)O)COC)cc1N)C(F)(F)F. The first-order chi connectivity index (χ1) is 11.2. The second-order valence-corrected chi connectivity index (χ2v) is 4.98. The molecule has 5 nitrogen and oxygen atoms in total. The van der Waals surface area contributed by atoms with Gasteiger partial charge in [0.15, 0.2) is 6.10 Å². The highest BCUT2D eigenvalue weighted by atomic mass is 19.4. The summed E-state index contributed by atoms with van der Waals surface area (Å²) in [6, 6.07) is 4.04. The van der Waals surface area contributed by atoms with Crippen LogP contribution in [0.3, 0.4) is 0 Å². The first-order valence-corrected chi connectivity index (χ1v) is 7.18. The summed E-state index contributed by atoms with van der Waals surface area (Å²) in [6.07, 6.45) is -5.49. The molecule has 1 rings (SSSR count). The molecule has 1 aromatic carbocycles. The normalized spacial score (nSPS) is 13.8. The molecule has 0 aliphatic carbocycles. The zero-order valence-electron chi connectivity index (χ0n) is 13.4. The number of anilines is 1. The Morgan fingerprint density at radius 1 is 1.42 bits per heavy atom. The lowest BCUT2D eigenvalue weighted by atomic mass is 9.99. The van der Waals surface area contributed by atoms with Crippen molar-refractivity contribution in [2.75, 3.05) is 26.1 Å². The lowest BCUT2D eigenvalue weighted by Crippen LogP contribution is -2.24. The number of hydrogen-bond donors (Lipinski definition) is 2. The number of ether oxygens (including phenoxy) is 2. The molecule has 0 aliphatic heterocycles. The second kappa shape index (κ2) is 8.70. The Morgan fingerprint density at radius 3 is 2.54 bits per heavy atom. The maximum absolute atomic E-state index is 13.1. The Hall–Kier alpha value is -2.06. The predicted octanol–water partition coefficient (Wildman–Crippen LogP) is 3.41. The smallest absolute Gasteiger partial charge is 0.418 e. The van der Waals surface area contributed by atoms with Crippen LogP contribution in [0, 0.1) is 0 Å². The van der Waals surface area contributed by atoms with Crippen LogP contribution in [0.4, 0.5) is 18.9 Å². The van der Waals surface area contributed by atoms with Crippen molar-refractivity contribution in [3.63, 3.8) is 0 Å². The third-order valence-corrected chi connectivity index (χ3v) is 3.19. The number of carbonyl (C=O) groups is 1. The van der Waals surface area contributed by atoms with Crippen molar-refractivity contribution in [2.24, 2.45) is 0 Å². The van der Waals surface area contributed by atoms with Gasteiger partial charge in [0.2, 0.25) is 0 Å². The summed E-state index contributed by atoms with van der Waals surface area (Å²) in [5, 5.41) is 8.75. The minimum atomic E-state index is -4.58. The Balaban J connectivity index is 3.20. The average molecular weight is 347 g/mol. The zero-order valence-corrected chi connectivity index (χ0v) is 13.4. The van der Waals surface area contributed by atoms with Gasteiger partial charge >= 0.3 is 12.1 Å². The molecule has 3 N–H and O–H groups in total. The summed E-state index contributed by atoms with van der Waals surface area (Å²) in [5.74, 6) is -1.03. The molecule has 0 saturated carbocycles. The van der Waals surface area contributed by atoms with Gasteiger partial charge in [-0.1, -0.05) is 18.2 Å². The molecule has 0 spiro atoms. The Labute approximate surface area is 137 Å². The van der Waals surface area contributed by atoms with E-state index in [1.165, 1.54) is 38.3 Å². The van der Waals surface area contributed by atoms with Gasteiger partial charge in [-0.25, -0.2) is 0 Å². The number of carboxylic acid groups (broad SMARTS) is 1. The summed E-state index contributed by atoms with van der Waals surface area (Å²) in [7, 11) is 1.43. The number of nitrogen functional groups attached to an aromatic ring is 1. The van der Waals surface area contributed by atoms with Crippen molar-refractivity contribution in [3.8, 4) is 0 Å². The molecule has 0 saturated heterocycles. The third-order valence-electron chi connectivity index (χ3n) is 3.19. The minimum Gasteiger partial charge on any atom is -0.481 e. The van der Waals surface area contributed by atoms with Crippen LogP contribution >= 0.6 is 0 Å². The predicted molar refractivity (Wildman–Crippen MR) is 83.4 cm³/mol.